The molecule has 2 rings (SSSR count). The molecule has 0 aromatic heterocycles. The Morgan fingerprint density at radius 2 is 2.17 bits per heavy atom. The largest absolute Gasteiger partial charge is 0.297 e. The van der Waals surface area contributed by atoms with E-state index < -0.39 is 0 Å². The fourth-order valence-corrected chi connectivity index (χ4v) is 3.60. The quantitative estimate of drug-likeness (QED) is 0.522. The Balaban J connectivity index is 2.10. The average molecular weight is 185 g/mol. The highest BCUT2D eigenvalue weighted by molar-refractivity contribution is 7.17. The Bertz CT molecular complexity index is 183. The van der Waals surface area contributed by atoms with Crippen molar-refractivity contribution in [3.8, 4) is 0 Å². The summed E-state index contributed by atoms with van der Waals surface area (Å²) in [6.45, 7) is 7.48. The molecule has 0 saturated carbocycles. The van der Waals surface area contributed by atoms with E-state index >= 15 is 0 Å². The fraction of sp³-hybridized carbons (Fsp3) is 1.00. The molecule has 0 spiro atoms. The molecule has 2 fully saturated rings. The van der Waals surface area contributed by atoms with E-state index in [1.807, 2.05) is 0 Å². The van der Waals surface area contributed by atoms with Gasteiger partial charge in [-0.05, 0) is 37.8 Å². The number of rotatable bonds is 0. The van der Waals surface area contributed by atoms with Crippen LogP contribution in [0.1, 0.15) is 33.1 Å². The lowest BCUT2D eigenvalue weighted by atomic mass is 9.84. The lowest BCUT2D eigenvalue weighted by molar-refractivity contribution is 0.0774. The van der Waals surface area contributed by atoms with E-state index in [4.69, 9.17) is 0 Å². The summed E-state index contributed by atoms with van der Waals surface area (Å²) in [4.78, 5) is 2.71. The first kappa shape index (κ1) is 8.97. The van der Waals surface area contributed by atoms with E-state index in [1.165, 1.54) is 32.4 Å². The molecule has 4 unspecified atom stereocenters. The Morgan fingerprint density at radius 3 is 2.92 bits per heavy atom. The summed E-state index contributed by atoms with van der Waals surface area (Å²) in [5.74, 6) is 0.924. The smallest absolute Gasteiger partial charge is 0.0188 e. The lowest BCUT2D eigenvalue weighted by Crippen LogP contribution is -2.47. The molecule has 70 valence electrons. The monoisotopic (exact) mass is 185 g/mol. The van der Waals surface area contributed by atoms with Gasteiger partial charge in [0.15, 0.2) is 0 Å². The van der Waals surface area contributed by atoms with Crippen molar-refractivity contribution in [1.82, 2.24) is 4.90 Å². The molecule has 0 aromatic carbocycles. The minimum Gasteiger partial charge on any atom is -0.297 e. The second-order valence-corrected chi connectivity index (χ2v) is 5.95. The summed E-state index contributed by atoms with van der Waals surface area (Å²) >= 11 is 0. The first-order chi connectivity index (χ1) is 5.60. The number of hydrogen-bond donors (Lipinski definition) is 0. The first-order valence-electron chi connectivity index (χ1n) is 5.11. The highest BCUT2D eigenvalue weighted by Crippen LogP contribution is 2.40. The summed E-state index contributed by atoms with van der Waals surface area (Å²) in [5.41, 5.74) is 1.40. The molecular formula is C10H20NP. The Morgan fingerprint density at radius 1 is 1.42 bits per heavy atom. The van der Waals surface area contributed by atoms with Crippen LogP contribution in [0.2, 0.25) is 0 Å². The van der Waals surface area contributed by atoms with Gasteiger partial charge < -0.3 is 0 Å². The zero-order chi connectivity index (χ0) is 8.77. The highest BCUT2D eigenvalue weighted by atomic mass is 31.0. The van der Waals surface area contributed by atoms with Gasteiger partial charge in [0.05, 0.1) is 0 Å². The van der Waals surface area contributed by atoms with Gasteiger partial charge >= 0.3 is 0 Å². The molecule has 2 heteroatoms. The van der Waals surface area contributed by atoms with Gasteiger partial charge in [0.1, 0.15) is 0 Å². The topological polar surface area (TPSA) is 3.24 Å². The molecule has 0 aliphatic carbocycles. The molecule has 2 aliphatic rings. The standard InChI is InChI=1S/C10H20NP/c1-8-3-4-10(2)5-9(12)7-11(10)6-8/h8-9H,3-7,12H2,1-2H3. The predicted octanol–water partition coefficient (Wildman–Crippen LogP) is 2.12. The van der Waals surface area contributed by atoms with Crippen LogP contribution in [0.25, 0.3) is 0 Å². The average Bonchev–Trinajstić information content (AvgIpc) is 2.24. The summed E-state index contributed by atoms with van der Waals surface area (Å²) in [7, 11) is 2.99. The summed E-state index contributed by atoms with van der Waals surface area (Å²) in [6.07, 6.45) is 4.24. The van der Waals surface area contributed by atoms with Gasteiger partial charge in [0, 0.05) is 18.6 Å². The number of fused-ring (bicyclic) bond motifs is 1. The van der Waals surface area contributed by atoms with E-state index in [2.05, 4.69) is 28.0 Å². The van der Waals surface area contributed by atoms with Gasteiger partial charge in [-0.1, -0.05) is 6.92 Å². The van der Waals surface area contributed by atoms with Gasteiger partial charge in [0.25, 0.3) is 0 Å². The van der Waals surface area contributed by atoms with Crippen molar-refractivity contribution < 1.29 is 0 Å². The van der Waals surface area contributed by atoms with Gasteiger partial charge in [-0.3, -0.25) is 4.90 Å². The van der Waals surface area contributed by atoms with Crippen molar-refractivity contribution >= 4 is 9.24 Å². The van der Waals surface area contributed by atoms with Gasteiger partial charge in [-0.15, -0.1) is 9.24 Å². The van der Waals surface area contributed by atoms with Crippen LogP contribution in [-0.2, 0) is 0 Å². The zero-order valence-corrected chi connectivity index (χ0v) is 9.37. The third-order valence-electron chi connectivity index (χ3n) is 3.63. The molecule has 0 amide bonds. The third-order valence-corrected chi connectivity index (χ3v) is 4.07. The minimum atomic E-state index is 0.554. The van der Waals surface area contributed by atoms with Crippen LogP contribution in [0.3, 0.4) is 0 Å². The molecule has 2 heterocycles. The van der Waals surface area contributed by atoms with Crippen LogP contribution in [0.4, 0.5) is 0 Å². The molecule has 2 saturated heterocycles. The van der Waals surface area contributed by atoms with Gasteiger partial charge in [-0.25, -0.2) is 0 Å². The molecule has 0 N–H and O–H groups in total. The third kappa shape index (κ3) is 1.42. The van der Waals surface area contributed by atoms with Crippen LogP contribution in [-0.4, -0.2) is 29.2 Å². The van der Waals surface area contributed by atoms with E-state index in [0.717, 1.165) is 11.6 Å². The number of hydrogen-bond acceptors (Lipinski definition) is 1. The van der Waals surface area contributed by atoms with E-state index in [9.17, 15) is 0 Å². The fourth-order valence-electron chi connectivity index (χ4n) is 2.84. The van der Waals surface area contributed by atoms with Gasteiger partial charge in [0.2, 0.25) is 0 Å². The van der Waals surface area contributed by atoms with E-state index in [0.29, 0.717) is 5.54 Å². The van der Waals surface area contributed by atoms with E-state index in [1.54, 1.807) is 0 Å². The highest BCUT2D eigenvalue weighted by Gasteiger charge is 2.42. The number of nitrogens with zero attached hydrogens (tertiary/aromatic N) is 1. The lowest BCUT2D eigenvalue weighted by Gasteiger charge is -2.42. The summed E-state index contributed by atoms with van der Waals surface area (Å²) in [5, 5.41) is 0. The Labute approximate surface area is 78.1 Å². The van der Waals surface area contributed by atoms with Crippen LogP contribution in [0.15, 0.2) is 0 Å². The minimum absolute atomic E-state index is 0.554. The van der Waals surface area contributed by atoms with Crippen molar-refractivity contribution in [2.24, 2.45) is 5.92 Å². The van der Waals surface area contributed by atoms with Crippen molar-refractivity contribution in [3.05, 3.63) is 0 Å². The normalized spacial score (nSPS) is 49.2. The van der Waals surface area contributed by atoms with Crippen molar-refractivity contribution in [2.75, 3.05) is 13.1 Å². The van der Waals surface area contributed by atoms with Crippen LogP contribution in [0.5, 0.6) is 0 Å². The molecule has 2 aliphatic heterocycles. The SMILES string of the molecule is CC1CCC2(C)CC(P)CN2C1. The molecule has 12 heavy (non-hydrogen) atoms. The molecule has 0 radical (unpaired) electrons. The van der Waals surface area contributed by atoms with Crippen molar-refractivity contribution in [2.45, 2.75) is 44.3 Å². The molecule has 1 nitrogen and oxygen atoms in total. The first-order valence-corrected chi connectivity index (χ1v) is 5.77. The van der Waals surface area contributed by atoms with E-state index in [-0.39, 0.29) is 0 Å². The second kappa shape index (κ2) is 2.96. The summed E-state index contributed by atoms with van der Waals surface area (Å²) in [6, 6.07) is 0. The molecule has 0 aromatic rings. The maximum Gasteiger partial charge on any atom is 0.0188 e. The van der Waals surface area contributed by atoms with Crippen molar-refractivity contribution in [3.63, 3.8) is 0 Å². The Kier molecular flexibility index (Phi) is 2.21. The Hall–Kier alpha value is 0.390. The molecular weight excluding hydrogens is 165 g/mol. The molecule has 4 atom stereocenters. The van der Waals surface area contributed by atoms with Crippen LogP contribution < -0.4 is 0 Å². The zero-order valence-electron chi connectivity index (χ0n) is 8.21. The van der Waals surface area contributed by atoms with Gasteiger partial charge in [-0.2, -0.15) is 0 Å². The van der Waals surface area contributed by atoms with Crippen LogP contribution >= 0.6 is 9.24 Å². The second-order valence-electron chi connectivity index (χ2n) is 5.01. The summed E-state index contributed by atoms with van der Waals surface area (Å²) < 4.78 is 0. The molecule has 0 bridgehead atoms. The maximum absolute atomic E-state index is 2.99. The predicted molar refractivity (Wildman–Crippen MR) is 56.5 cm³/mol. The van der Waals surface area contributed by atoms with Crippen LogP contribution in [0, 0.1) is 5.92 Å². The number of piperidine rings is 1. The van der Waals surface area contributed by atoms with Crippen molar-refractivity contribution in [1.29, 1.82) is 0 Å². The maximum atomic E-state index is 2.99.